The molecule has 5 nitrogen and oxygen atoms in total. The Balaban J connectivity index is 1.68. The molecule has 0 saturated heterocycles. The summed E-state index contributed by atoms with van der Waals surface area (Å²) in [4.78, 5) is 12.7. The zero-order valence-corrected chi connectivity index (χ0v) is 14.5. The second-order valence-corrected chi connectivity index (χ2v) is 6.34. The smallest absolute Gasteiger partial charge is 0.228 e. The van der Waals surface area contributed by atoms with E-state index in [2.05, 4.69) is 39.2 Å². The fourth-order valence-electron chi connectivity index (χ4n) is 3.32. The van der Waals surface area contributed by atoms with Gasteiger partial charge in [0.25, 0.3) is 0 Å². The summed E-state index contributed by atoms with van der Waals surface area (Å²) in [6.45, 7) is 0. The Morgan fingerprint density at radius 1 is 1.00 bits per heavy atom. The van der Waals surface area contributed by atoms with E-state index in [9.17, 15) is 4.79 Å². The molecule has 0 aliphatic heterocycles. The van der Waals surface area contributed by atoms with Gasteiger partial charge in [-0.15, -0.1) is 0 Å². The van der Waals surface area contributed by atoms with E-state index in [-0.39, 0.29) is 11.9 Å². The second-order valence-electron chi connectivity index (χ2n) is 6.34. The average Bonchev–Trinajstić information content (AvgIpc) is 3.31. The van der Waals surface area contributed by atoms with Crippen LogP contribution in [-0.2, 0) is 11.8 Å². The molecule has 0 radical (unpaired) electrons. The van der Waals surface area contributed by atoms with Gasteiger partial charge in [0.1, 0.15) is 0 Å². The van der Waals surface area contributed by atoms with Gasteiger partial charge in [-0.2, -0.15) is 5.10 Å². The third-order valence-corrected chi connectivity index (χ3v) is 4.53. The van der Waals surface area contributed by atoms with Gasteiger partial charge in [-0.1, -0.05) is 42.5 Å². The van der Waals surface area contributed by atoms with Crippen molar-refractivity contribution >= 4 is 22.5 Å². The minimum Gasteiger partial charge on any atom is -0.346 e. The monoisotopic (exact) mass is 344 g/mol. The quantitative estimate of drug-likeness (QED) is 0.595. The summed E-state index contributed by atoms with van der Waals surface area (Å²) in [6.07, 6.45) is 6.14. The van der Waals surface area contributed by atoms with Crippen LogP contribution in [0.3, 0.4) is 0 Å². The molecule has 0 aliphatic carbocycles. The number of fused-ring (bicyclic) bond motifs is 1. The van der Waals surface area contributed by atoms with Crippen LogP contribution in [0.15, 0.2) is 79.3 Å². The van der Waals surface area contributed by atoms with Gasteiger partial charge in [-0.05, 0) is 28.5 Å². The van der Waals surface area contributed by atoms with Crippen LogP contribution in [0.25, 0.3) is 10.8 Å². The largest absolute Gasteiger partial charge is 0.346 e. The Bertz CT molecular complexity index is 1030. The number of anilines is 1. The Morgan fingerprint density at radius 2 is 1.77 bits per heavy atom. The van der Waals surface area contributed by atoms with Crippen molar-refractivity contribution in [2.75, 3.05) is 5.32 Å². The van der Waals surface area contributed by atoms with Gasteiger partial charge in [-0.25, -0.2) is 0 Å². The highest BCUT2D eigenvalue weighted by molar-refractivity contribution is 5.91. The molecule has 2 heterocycles. The zero-order valence-electron chi connectivity index (χ0n) is 14.5. The Morgan fingerprint density at radius 3 is 2.54 bits per heavy atom. The first-order chi connectivity index (χ1) is 12.7. The molecule has 0 saturated carbocycles. The van der Waals surface area contributed by atoms with E-state index >= 15 is 0 Å². The van der Waals surface area contributed by atoms with Crippen LogP contribution >= 0.6 is 0 Å². The third kappa shape index (κ3) is 3.24. The van der Waals surface area contributed by atoms with Crippen LogP contribution < -0.4 is 5.32 Å². The fourth-order valence-corrected chi connectivity index (χ4v) is 3.32. The van der Waals surface area contributed by atoms with Gasteiger partial charge < -0.3 is 9.88 Å². The van der Waals surface area contributed by atoms with Crippen LogP contribution in [0.5, 0.6) is 0 Å². The van der Waals surface area contributed by atoms with Crippen molar-refractivity contribution in [3.8, 4) is 0 Å². The molecule has 2 aromatic carbocycles. The summed E-state index contributed by atoms with van der Waals surface area (Å²) in [5, 5.41) is 9.45. The van der Waals surface area contributed by atoms with Crippen LogP contribution in [0.1, 0.15) is 18.0 Å². The average molecular weight is 344 g/mol. The van der Waals surface area contributed by atoms with E-state index in [4.69, 9.17) is 0 Å². The molecule has 1 N–H and O–H groups in total. The molecule has 5 heteroatoms. The molecule has 1 atom stereocenters. The highest BCUT2D eigenvalue weighted by Gasteiger charge is 2.20. The van der Waals surface area contributed by atoms with Crippen LogP contribution in [0.4, 0.5) is 5.82 Å². The standard InChI is InChI=1S/C21H20N4O/c1-24-14-11-20(23-24)22-21(26)15-19(25-12-4-5-13-25)18-10-6-8-16-7-2-3-9-17(16)18/h2-14,19H,15H2,1H3,(H,22,23,26). The summed E-state index contributed by atoms with van der Waals surface area (Å²) in [6, 6.07) is 20.2. The van der Waals surface area contributed by atoms with Crippen molar-refractivity contribution in [2.45, 2.75) is 12.5 Å². The van der Waals surface area contributed by atoms with Gasteiger partial charge in [-0.3, -0.25) is 9.48 Å². The van der Waals surface area contributed by atoms with Crippen molar-refractivity contribution in [3.63, 3.8) is 0 Å². The molecule has 0 fully saturated rings. The fraction of sp³-hybridized carbons (Fsp3) is 0.143. The van der Waals surface area contributed by atoms with E-state index < -0.39 is 0 Å². The van der Waals surface area contributed by atoms with Crippen LogP contribution in [0.2, 0.25) is 0 Å². The van der Waals surface area contributed by atoms with Crippen molar-refractivity contribution in [2.24, 2.45) is 7.05 Å². The lowest BCUT2D eigenvalue weighted by Crippen LogP contribution is -2.20. The predicted octanol–water partition coefficient (Wildman–Crippen LogP) is 3.99. The number of nitrogens with zero attached hydrogens (tertiary/aromatic N) is 3. The lowest BCUT2D eigenvalue weighted by molar-refractivity contribution is -0.116. The van der Waals surface area contributed by atoms with E-state index in [0.717, 1.165) is 5.56 Å². The maximum atomic E-state index is 12.7. The minimum atomic E-state index is -0.0835. The van der Waals surface area contributed by atoms with E-state index in [1.807, 2.05) is 56.0 Å². The first kappa shape index (κ1) is 16.1. The zero-order chi connectivity index (χ0) is 17.9. The summed E-state index contributed by atoms with van der Waals surface area (Å²) >= 11 is 0. The Hall–Kier alpha value is -3.34. The maximum Gasteiger partial charge on any atom is 0.228 e. The molecule has 0 spiro atoms. The molecule has 0 aliphatic rings. The highest BCUT2D eigenvalue weighted by Crippen LogP contribution is 2.29. The lowest BCUT2D eigenvalue weighted by Gasteiger charge is -2.21. The number of carbonyl (C=O) groups excluding carboxylic acids is 1. The molecule has 4 aromatic rings. The number of carbonyl (C=O) groups is 1. The number of benzene rings is 2. The minimum absolute atomic E-state index is 0.0599. The van der Waals surface area contributed by atoms with Crippen molar-refractivity contribution < 1.29 is 4.79 Å². The van der Waals surface area contributed by atoms with E-state index in [0.29, 0.717) is 12.2 Å². The van der Waals surface area contributed by atoms with Gasteiger partial charge >= 0.3 is 0 Å². The topological polar surface area (TPSA) is 51.9 Å². The summed E-state index contributed by atoms with van der Waals surface area (Å²) in [5.41, 5.74) is 1.13. The first-order valence-electron chi connectivity index (χ1n) is 8.60. The number of aromatic nitrogens is 3. The Labute approximate surface area is 151 Å². The molecule has 0 bridgehead atoms. The molecule has 130 valence electrons. The normalized spacial score (nSPS) is 12.2. The molecule has 26 heavy (non-hydrogen) atoms. The number of rotatable bonds is 5. The third-order valence-electron chi connectivity index (χ3n) is 4.53. The highest BCUT2D eigenvalue weighted by atomic mass is 16.1. The lowest BCUT2D eigenvalue weighted by atomic mass is 9.96. The number of aryl methyl sites for hydroxylation is 1. The number of nitrogens with one attached hydrogen (secondary N) is 1. The second kappa shape index (κ2) is 6.88. The van der Waals surface area contributed by atoms with Crippen molar-refractivity contribution in [1.29, 1.82) is 0 Å². The predicted molar refractivity (Wildman–Crippen MR) is 103 cm³/mol. The molecular weight excluding hydrogens is 324 g/mol. The number of hydrogen-bond donors (Lipinski definition) is 1. The first-order valence-corrected chi connectivity index (χ1v) is 8.60. The van der Waals surface area contributed by atoms with Crippen molar-refractivity contribution in [3.05, 3.63) is 84.8 Å². The van der Waals surface area contributed by atoms with Crippen molar-refractivity contribution in [1.82, 2.24) is 14.3 Å². The van der Waals surface area contributed by atoms with E-state index in [1.54, 1.807) is 10.7 Å². The van der Waals surface area contributed by atoms with E-state index in [1.165, 1.54) is 10.8 Å². The molecule has 1 amide bonds. The summed E-state index contributed by atoms with van der Waals surface area (Å²) < 4.78 is 3.75. The number of amides is 1. The summed E-state index contributed by atoms with van der Waals surface area (Å²) in [7, 11) is 1.83. The van der Waals surface area contributed by atoms with Gasteiger partial charge in [0.05, 0.1) is 12.5 Å². The Kier molecular flexibility index (Phi) is 4.27. The molecular formula is C21H20N4O. The molecule has 2 aromatic heterocycles. The summed E-state index contributed by atoms with van der Waals surface area (Å²) in [5.74, 6) is 0.511. The van der Waals surface area contributed by atoms with Gasteiger partial charge in [0.2, 0.25) is 5.91 Å². The number of hydrogen-bond acceptors (Lipinski definition) is 2. The van der Waals surface area contributed by atoms with Crippen LogP contribution in [0, 0.1) is 0 Å². The molecule has 1 unspecified atom stereocenters. The van der Waals surface area contributed by atoms with Gasteiger partial charge in [0.15, 0.2) is 5.82 Å². The molecule has 4 rings (SSSR count). The maximum absolute atomic E-state index is 12.7. The van der Waals surface area contributed by atoms with Gasteiger partial charge in [0, 0.05) is 31.7 Å². The van der Waals surface area contributed by atoms with Crippen LogP contribution in [-0.4, -0.2) is 20.3 Å². The SMILES string of the molecule is Cn1ccc(NC(=O)CC(c2cccc3ccccc23)n2cccc2)n1.